The van der Waals surface area contributed by atoms with Crippen LogP contribution >= 0.6 is 0 Å². The zero-order valence-corrected chi connectivity index (χ0v) is 11.7. The minimum Gasteiger partial charge on any atom is -0.393 e. The Kier molecular flexibility index (Phi) is 4.80. The lowest BCUT2D eigenvalue weighted by Gasteiger charge is -2.24. The summed E-state index contributed by atoms with van der Waals surface area (Å²) in [7, 11) is 0. The highest BCUT2D eigenvalue weighted by Gasteiger charge is 2.30. The van der Waals surface area contributed by atoms with Gasteiger partial charge in [0.2, 0.25) is 11.8 Å². The summed E-state index contributed by atoms with van der Waals surface area (Å²) >= 11 is 0. The SMILES string of the molecule is CC(O)C1CCN(C(=O)CN2CCCCCC2=O)C1. The van der Waals surface area contributed by atoms with Crippen LogP contribution < -0.4 is 0 Å². The number of likely N-dealkylation sites (tertiary alicyclic amines) is 2. The zero-order chi connectivity index (χ0) is 13.8. The molecule has 2 saturated heterocycles. The standard InChI is InChI=1S/C14H24N2O3/c1-11(17)12-6-8-16(9-12)14(19)10-15-7-4-2-3-5-13(15)18/h11-12,17H,2-10H2,1H3. The van der Waals surface area contributed by atoms with Gasteiger partial charge in [-0.15, -0.1) is 0 Å². The van der Waals surface area contributed by atoms with Gasteiger partial charge >= 0.3 is 0 Å². The summed E-state index contributed by atoms with van der Waals surface area (Å²) in [5, 5.41) is 9.55. The van der Waals surface area contributed by atoms with Crippen molar-refractivity contribution in [2.24, 2.45) is 5.92 Å². The van der Waals surface area contributed by atoms with E-state index < -0.39 is 0 Å². The summed E-state index contributed by atoms with van der Waals surface area (Å²) < 4.78 is 0. The fourth-order valence-electron chi connectivity index (χ4n) is 2.88. The molecule has 2 fully saturated rings. The number of aliphatic hydroxyl groups is 1. The molecule has 2 unspecified atom stereocenters. The maximum Gasteiger partial charge on any atom is 0.242 e. The monoisotopic (exact) mass is 268 g/mol. The maximum atomic E-state index is 12.2. The molecular formula is C14H24N2O3. The number of rotatable bonds is 3. The van der Waals surface area contributed by atoms with Gasteiger partial charge in [-0.25, -0.2) is 0 Å². The first-order valence-corrected chi connectivity index (χ1v) is 7.31. The topological polar surface area (TPSA) is 60.9 Å². The third-order valence-electron chi connectivity index (χ3n) is 4.26. The van der Waals surface area contributed by atoms with E-state index in [9.17, 15) is 14.7 Å². The van der Waals surface area contributed by atoms with Crippen molar-refractivity contribution >= 4 is 11.8 Å². The summed E-state index contributed by atoms with van der Waals surface area (Å²) in [6, 6.07) is 0. The van der Waals surface area contributed by atoms with E-state index in [4.69, 9.17) is 0 Å². The number of hydrogen-bond acceptors (Lipinski definition) is 3. The smallest absolute Gasteiger partial charge is 0.242 e. The highest BCUT2D eigenvalue weighted by molar-refractivity contribution is 5.85. The molecule has 2 heterocycles. The Morgan fingerprint density at radius 1 is 1.37 bits per heavy atom. The molecule has 2 aliphatic heterocycles. The number of hydrogen-bond donors (Lipinski definition) is 1. The molecule has 0 bridgehead atoms. The molecule has 0 saturated carbocycles. The highest BCUT2D eigenvalue weighted by Crippen LogP contribution is 2.20. The van der Waals surface area contributed by atoms with Crippen LogP contribution in [0.5, 0.6) is 0 Å². The Hall–Kier alpha value is -1.10. The van der Waals surface area contributed by atoms with E-state index in [-0.39, 0.29) is 30.4 Å². The Morgan fingerprint density at radius 3 is 2.84 bits per heavy atom. The molecule has 2 aliphatic rings. The second-order valence-corrected chi connectivity index (χ2v) is 5.76. The lowest BCUT2D eigenvalue weighted by atomic mass is 10.0. The predicted molar refractivity (Wildman–Crippen MR) is 71.4 cm³/mol. The molecular weight excluding hydrogens is 244 g/mol. The zero-order valence-electron chi connectivity index (χ0n) is 11.7. The summed E-state index contributed by atoms with van der Waals surface area (Å²) in [5.74, 6) is 0.319. The maximum absolute atomic E-state index is 12.2. The van der Waals surface area contributed by atoms with Gasteiger partial charge in [-0.2, -0.15) is 0 Å². The molecule has 0 aliphatic carbocycles. The summed E-state index contributed by atoms with van der Waals surface area (Å²) in [4.78, 5) is 27.5. The average molecular weight is 268 g/mol. The van der Waals surface area contributed by atoms with Crippen LogP contribution in [0.1, 0.15) is 39.0 Å². The summed E-state index contributed by atoms with van der Waals surface area (Å²) in [6.07, 6.45) is 4.08. The van der Waals surface area contributed by atoms with Crippen LogP contribution in [0.4, 0.5) is 0 Å². The van der Waals surface area contributed by atoms with Gasteiger partial charge in [0, 0.05) is 32.0 Å². The summed E-state index contributed by atoms with van der Waals surface area (Å²) in [5.41, 5.74) is 0. The van der Waals surface area contributed by atoms with E-state index in [0.29, 0.717) is 26.1 Å². The molecule has 0 aromatic rings. The van der Waals surface area contributed by atoms with Crippen LogP contribution in [0.25, 0.3) is 0 Å². The minimum atomic E-state index is -0.363. The number of carbonyl (C=O) groups is 2. The average Bonchev–Trinajstić information content (AvgIpc) is 2.78. The Bertz CT molecular complexity index is 344. The van der Waals surface area contributed by atoms with Crippen LogP contribution in [0.2, 0.25) is 0 Å². The van der Waals surface area contributed by atoms with Gasteiger partial charge in [0.1, 0.15) is 0 Å². The van der Waals surface area contributed by atoms with Crippen molar-refractivity contribution in [3.8, 4) is 0 Å². The first-order chi connectivity index (χ1) is 9.08. The van der Waals surface area contributed by atoms with Crippen molar-refractivity contribution in [2.45, 2.75) is 45.1 Å². The first kappa shape index (κ1) is 14.3. The van der Waals surface area contributed by atoms with E-state index in [1.54, 1.807) is 16.7 Å². The van der Waals surface area contributed by atoms with E-state index in [1.807, 2.05) is 0 Å². The lowest BCUT2D eigenvalue weighted by molar-refractivity contribution is -0.139. The number of nitrogens with zero attached hydrogens (tertiary/aromatic N) is 2. The molecule has 108 valence electrons. The molecule has 0 aromatic heterocycles. The Balaban J connectivity index is 1.85. The van der Waals surface area contributed by atoms with Crippen LogP contribution in [-0.2, 0) is 9.59 Å². The number of amides is 2. The van der Waals surface area contributed by atoms with E-state index in [2.05, 4.69) is 0 Å². The van der Waals surface area contributed by atoms with Crippen molar-refractivity contribution in [1.29, 1.82) is 0 Å². The highest BCUT2D eigenvalue weighted by atomic mass is 16.3. The third-order valence-corrected chi connectivity index (χ3v) is 4.26. The summed E-state index contributed by atoms with van der Waals surface area (Å²) in [6.45, 7) is 4.02. The molecule has 5 nitrogen and oxygen atoms in total. The second kappa shape index (κ2) is 6.37. The first-order valence-electron chi connectivity index (χ1n) is 7.31. The predicted octanol–water partition coefficient (Wildman–Crippen LogP) is 0.618. The Morgan fingerprint density at radius 2 is 2.16 bits per heavy atom. The van der Waals surface area contributed by atoms with Gasteiger partial charge in [-0.3, -0.25) is 9.59 Å². The lowest BCUT2D eigenvalue weighted by Crippen LogP contribution is -2.42. The normalized spacial score (nSPS) is 26.4. The molecule has 0 aromatic carbocycles. The van der Waals surface area contributed by atoms with Crippen LogP contribution in [0.3, 0.4) is 0 Å². The number of carbonyl (C=O) groups excluding carboxylic acids is 2. The molecule has 0 spiro atoms. The van der Waals surface area contributed by atoms with Gasteiger partial charge in [-0.1, -0.05) is 6.42 Å². The Labute approximate surface area is 114 Å². The fourth-order valence-corrected chi connectivity index (χ4v) is 2.88. The van der Waals surface area contributed by atoms with E-state index >= 15 is 0 Å². The van der Waals surface area contributed by atoms with Gasteiger partial charge in [-0.05, 0) is 26.2 Å². The molecule has 0 radical (unpaired) electrons. The van der Waals surface area contributed by atoms with Crippen LogP contribution in [-0.4, -0.2) is 59.0 Å². The van der Waals surface area contributed by atoms with Crippen molar-refractivity contribution in [2.75, 3.05) is 26.2 Å². The van der Waals surface area contributed by atoms with Gasteiger partial charge in [0.25, 0.3) is 0 Å². The third kappa shape index (κ3) is 3.69. The molecule has 19 heavy (non-hydrogen) atoms. The van der Waals surface area contributed by atoms with Crippen LogP contribution in [0, 0.1) is 5.92 Å². The van der Waals surface area contributed by atoms with Crippen molar-refractivity contribution in [3.63, 3.8) is 0 Å². The number of aliphatic hydroxyl groups excluding tert-OH is 1. The van der Waals surface area contributed by atoms with Crippen molar-refractivity contribution in [3.05, 3.63) is 0 Å². The second-order valence-electron chi connectivity index (χ2n) is 5.76. The van der Waals surface area contributed by atoms with Crippen LogP contribution in [0.15, 0.2) is 0 Å². The molecule has 5 heteroatoms. The van der Waals surface area contributed by atoms with E-state index in [1.165, 1.54) is 0 Å². The minimum absolute atomic E-state index is 0.0263. The van der Waals surface area contributed by atoms with Crippen molar-refractivity contribution < 1.29 is 14.7 Å². The molecule has 2 amide bonds. The quantitative estimate of drug-likeness (QED) is 0.816. The van der Waals surface area contributed by atoms with E-state index in [0.717, 1.165) is 25.7 Å². The van der Waals surface area contributed by atoms with Crippen molar-refractivity contribution in [1.82, 2.24) is 9.80 Å². The molecule has 2 atom stereocenters. The molecule has 1 N–H and O–H groups in total. The largest absolute Gasteiger partial charge is 0.393 e. The molecule has 2 rings (SSSR count). The van der Waals surface area contributed by atoms with Gasteiger partial charge < -0.3 is 14.9 Å². The van der Waals surface area contributed by atoms with Gasteiger partial charge in [0.15, 0.2) is 0 Å². The van der Waals surface area contributed by atoms with Gasteiger partial charge in [0.05, 0.1) is 12.6 Å². The fraction of sp³-hybridized carbons (Fsp3) is 0.857.